The first-order valence-corrected chi connectivity index (χ1v) is 10.3. The number of rotatable bonds is 5. The smallest absolute Gasteiger partial charge is 0.225 e. The van der Waals surface area contributed by atoms with Gasteiger partial charge in [-0.05, 0) is 59.4 Å². The molecule has 6 heteroatoms. The third-order valence-electron chi connectivity index (χ3n) is 6.65. The molecule has 1 aromatic heterocycles. The molecular weight excluding hydrogens is 324 g/mol. The Morgan fingerprint density at radius 2 is 1.65 bits per heavy atom. The summed E-state index contributed by atoms with van der Waals surface area (Å²) in [6.07, 6.45) is 9.20. The molecule has 4 rings (SSSR count). The quantitative estimate of drug-likeness (QED) is 0.797. The van der Waals surface area contributed by atoms with Crippen LogP contribution in [0.1, 0.15) is 38.2 Å². The molecule has 0 aromatic carbocycles. The third-order valence-corrected chi connectivity index (χ3v) is 6.65. The molecule has 2 atom stereocenters. The zero-order valence-corrected chi connectivity index (χ0v) is 16.6. The molecule has 3 aliphatic heterocycles. The lowest BCUT2D eigenvalue weighted by Crippen LogP contribution is -2.53. The van der Waals surface area contributed by atoms with Crippen LogP contribution in [0, 0.1) is 0 Å². The number of piperazine rings is 1. The molecule has 144 valence electrons. The van der Waals surface area contributed by atoms with E-state index in [1.807, 2.05) is 0 Å². The minimum atomic E-state index is 0.594. The number of piperidine rings is 1. The first kappa shape index (κ1) is 18.1. The Hall–Kier alpha value is -1.24. The standard InChI is InChI=1S/C20H34N6/c1-4-25-9-7-17(8-10-25)24(3)13-16-11-21-20(22-12-16)26-18-5-6-19(26)15-23(2)14-18/h11-12,17-19H,4-10,13-15H2,1-3H3. The lowest BCUT2D eigenvalue weighted by Gasteiger charge is -2.39. The summed E-state index contributed by atoms with van der Waals surface area (Å²) in [5.74, 6) is 0.938. The van der Waals surface area contributed by atoms with Gasteiger partial charge >= 0.3 is 0 Å². The summed E-state index contributed by atoms with van der Waals surface area (Å²) < 4.78 is 0. The summed E-state index contributed by atoms with van der Waals surface area (Å²) in [7, 11) is 4.48. The van der Waals surface area contributed by atoms with Crippen LogP contribution in [0.2, 0.25) is 0 Å². The van der Waals surface area contributed by atoms with Crippen molar-refractivity contribution in [3.63, 3.8) is 0 Å². The van der Waals surface area contributed by atoms with E-state index < -0.39 is 0 Å². The van der Waals surface area contributed by atoms with Crippen LogP contribution in [0.3, 0.4) is 0 Å². The van der Waals surface area contributed by atoms with Crippen molar-refractivity contribution in [3.8, 4) is 0 Å². The molecule has 3 aliphatic rings. The number of anilines is 1. The number of likely N-dealkylation sites (tertiary alicyclic amines) is 2. The van der Waals surface area contributed by atoms with Gasteiger partial charge in [0.05, 0.1) is 0 Å². The number of hydrogen-bond acceptors (Lipinski definition) is 6. The highest BCUT2D eigenvalue weighted by atomic mass is 15.4. The fourth-order valence-electron chi connectivity index (χ4n) is 5.10. The highest BCUT2D eigenvalue weighted by Crippen LogP contribution is 2.32. The molecule has 1 aromatic rings. The van der Waals surface area contributed by atoms with Gasteiger partial charge in [-0.2, -0.15) is 0 Å². The van der Waals surface area contributed by atoms with E-state index in [4.69, 9.17) is 9.97 Å². The first-order chi connectivity index (χ1) is 12.6. The Bertz CT molecular complexity index is 568. The number of fused-ring (bicyclic) bond motifs is 2. The van der Waals surface area contributed by atoms with Gasteiger partial charge in [-0.25, -0.2) is 9.97 Å². The lowest BCUT2D eigenvalue weighted by atomic mass is 10.0. The molecule has 6 nitrogen and oxygen atoms in total. The van der Waals surface area contributed by atoms with E-state index in [1.54, 1.807) is 0 Å². The molecule has 0 saturated carbocycles. The Morgan fingerprint density at radius 1 is 1.04 bits per heavy atom. The van der Waals surface area contributed by atoms with Crippen LogP contribution in [0.4, 0.5) is 5.95 Å². The summed E-state index contributed by atoms with van der Waals surface area (Å²) >= 11 is 0. The minimum Gasteiger partial charge on any atom is -0.332 e. The lowest BCUT2D eigenvalue weighted by molar-refractivity contribution is 0.127. The van der Waals surface area contributed by atoms with Crippen molar-refractivity contribution in [2.24, 2.45) is 0 Å². The van der Waals surface area contributed by atoms with Crippen molar-refractivity contribution >= 4 is 5.95 Å². The molecule has 3 fully saturated rings. The average molecular weight is 359 g/mol. The molecule has 2 bridgehead atoms. The number of hydrogen-bond donors (Lipinski definition) is 0. The summed E-state index contributed by atoms with van der Waals surface area (Å²) in [6.45, 7) is 9.13. The second-order valence-electron chi connectivity index (χ2n) is 8.49. The van der Waals surface area contributed by atoms with Gasteiger partial charge in [0.25, 0.3) is 0 Å². The third kappa shape index (κ3) is 3.73. The van der Waals surface area contributed by atoms with E-state index in [2.05, 4.69) is 53.0 Å². The summed E-state index contributed by atoms with van der Waals surface area (Å²) in [6, 6.07) is 1.87. The molecular formula is C20H34N6. The van der Waals surface area contributed by atoms with Gasteiger partial charge in [0, 0.05) is 55.7 Å². The second kappa shape index (κ2) is 7.79. The maximum absolute atomic E-state index is 4.75. The Morgan fingerprint density at radius 3 is 2.23 bits per heavy atom. The predicted molar refractivity (Wildman–Crippen MR) is 105 cm³/mol. The molecule has 0 spiro atoms. The maximum Gasteiger partial charge on any atom is 0.225 e. The zero-order valence-electron chi connectivity index (χ0n) is 16.6. The van der Waals surface area contributed by atoms with Gasteiger partial charge < -0.3 is 14.7 Å². The Kier molecular flexibility index (Phi) is 5.43. The monoisotopic (exact) mass is 358 g/mol. The van der Waals surface area contributed by atoms with E-state index in [-0.39, 0.29) is 0 Å². The zero-order chi connectivity index (χ0) is 18.1. The molecule has 0 amide bonds. The average Bonchev–Trinajstić information content (AvgIpc) is 2.93. The number of likely N-dealkylation sites (N-methyl/N-ethyl adjacent to an activating group) is 1. The Balaban J connectivity index is 1.35. The number of nitrogens with zero attached hydrogens (tertiary/aromatic N) is 6. The highest BCUT2D eigenvalue weighted by Gasteiger charge is 2.40. The van der Waals surface area contributed by atoms with Crippen LogP contribution in [-0.4, -0.2) is 89.6 Å². The van der Waals surface area contributed by atoms with E-state index in [9.17, 15) is 0 Å². The van der Waals surface area contributed by atoms with Crippen molar-refractivity contribution in [1.82, 2.24) is 24.7 Å². The summed E-state index contributed by atoms with van der Waals surface area (Å²) in [4.78, 5) is 19.5. The van der Waals surface area contributed by atoms with Crippen LogP contribution in [-0.2, 0) is 6.54 Å². The van der Waals surface area contributed by atoms with E-state index in [0.717, 1.165) is 25.6 Å². The van der Waals surface area contributed by atoms with Crippen molar-refractivity contribution < 1.29 is 0 Å². The van der Waals surface area contributed by atoms with Gasteiger partial charge in [0.1, 0.15) is 0 Å². The van der Waals surface area contributed by atoms with Crippen LogP contribution in [0.5, 0.6) is 0 Å². The van der Waals surface area contributed by atoms with Crippen molar-refractivity contribution in [3.05, 3.63) is 18.0 Å². The molecule has 2 unspecified atom stereocenters. The van der Waals surface area contributed by atoms with Gasteiger partial charge in [-0.3, -0.25) is 4.90 Å². The summed E-state index contributed by atoms with van der Waals surface area (Å²) in [5, 5.41) is 0. The topological polar surface area (TPSA) is 38.7 Å². The largest absolute Gasteiger partial charge is 0.332 e. The van der Waals surface area contributed by atoms with Crippen LogP contribution in [0.25, 0.3) is 0 Å². The van der Waals surface area contributed by atoms with Gasteiger partial charge in [0.15, 0.2) is 0 Å². The summed E-state index contributed by atoms with van der Waals surface area (Å²) in [5.41, 5.74) is 1.23. The molecule has 0 radical (unpaired) electrons. The van der Waals surface area contributed by atoms with E-state index in [1.165, 1.54) is 50.9 Å². The molecule has 3 saturated heterocycles. The normalized spacial score (nSPS) is 28.2. The predicted octanol–water partition coefficient (Wildman–Crippen LogP) is 1.68. The second-order valence-corrected chi connectivity index (χ2v) is 8.49. The van der Waals surface area contributed by atoms with Gasteiger partial charge in [0.2, 0.25) is 5.95 Å². The number of aromatic nitrogens is 2. The van der Waals surface area contributed by atoms with Crippen molar-refractivity contribution in [1.29, 1.82) is 0 Å². The van der Waals surface area contributed by atoms with Gasteiger partial charge in [-0.1, -0.05) is 6.92 Å². The molecule has 0 N–H and O–H groups in total. The SMILES string of the molecule is CCN1CCC(N(C)Cc2cnc(N3C4CCC3CN(C)C4)nc2)CC1. The molecule has 4 heterocycles. The minimum absolute atomic E-state index is 0.594. The Labute approximate surface area is 158 Å². The van der Waals surface area contributed by atoms with E-state index in [0.29, 0.717) is 18.1 Å². The van der Waals surface area contributed by atoms with Crippen LogP contribution in [0.15, 0.2) is 12.4 Å². The van der Waals surface area contributed by atoms with E-state index >= 15 is 0 Å². The molecule has 0 aliphatic carbocycles. The fraction of sp³-hybridized carbons (Fsp3) is 0.800. The molecule has 26 heavy (non-hydrogen) atoms. The maximum atomic E-state index is 4.75. The first-order valence-electron chi connectivity index (χ1n) is 10.3. The van der Waals surface area contributed by atoms with Crippen LogP contribution < -0.4 is 4.90 Å². The van der Waals surface area contributed by atoms with Gasteiger partial charge in [-0.15, -0.1) is 0 Å². The van der Waals surface area contributed by atoms with Crippen LogP contribution >= 0.6 is 0 Å². The van der Waals surface area contributed by atoms with Crippen molar-refractivity contribution in [2.45, 2.75) is 57.3 Å². The highest BCUT2D eigenvalue weighted by molar-refractivity contribution is 5.37. The van der Waals surface area contributed by atoms with Crippen molar-refractivity contribution in [2.75, 3.05) is 51.7 Å². The fourth-order valence-corrected chi connectivity index (χ4v) is 5.10.